The second kappa shape index (κ2) is 3.24. The smallest absolute Gasteiger partial charge is 0.0314 e. The highest BCUT2D eigenvalue weighted by atomic mass is 15.2. The Morgan fingerprint density at radius 3 is 2.27 bits per heavy atom. The van der Waals surface area contributed by atoms with Crippen molar-refractivity contribution in [2.24, 2.45) is 0 Å². The van der Waals surface area contributed by atoms with Gasteiger partial charge in [0.25, 0.3) is 0 Å². The summed E-state index contributed by atoms with van der Waals surface area (Å²) in [4.78, 5) is 2.57. The molecule has 1 aliphatic carbocycles. The van der Waals surface area contributed by atoms with E-state index in [9.17, 15) is 0 Å². The van der Waals surface area contributed by atoms with Gasteiger partial charge in [-0.2, -0.15) is 0 Å². The van der Waals surface area contributed by atoms with E-state index in [1.54, 1.807) is 0 Å². The SMILES string of the molecule is Nc1ccc(C2(CN3CCC3)CC2)cc1. The van der Waals surface area contributed by atoms with E-state index in [4.69, 9.17) is 5.73 Å². The van der Waals surface area contributed by atoms with Crippen molar-refractivity contribution in [3.8, 4) is 0 Å². The molecule has 15 heavy (non-hydrogen) atoms. The van der Waals surface area contributed by atoms with Gasteiger partial charge in [0.2, 0.25) is 0 Å². The minimum Gasteiger partial charge on any atom is -0.399 e. The van der Waals surface area contributed by atoms with Crippen LogP contribution < -0.4 is 5.73 Å². The molecule has 0 atom stereocenters. The zero-order valence-electron chi connectivity index (χ0n) is 9.08. The van der Waals surface area contributed by atoms with Crippen LogP contribution in [0.15, 0.2) is 24.3 Å². The van der Waals surface area contributed by atoms with E-state index in [1.807, 2.05) is 12.1 Å². The predicted molar refractivity (Wildman–Crippen MR) is 62.8 cm³/mol. The molecular weight excluding hydrogens is 184 g/mol. The van der Waals surface area contributed by atoms with Gasteiger partial charge in [0, 0.05) is 17.6 Å². The van der Waals surface area contributed by atoms with E-state index >= 15 is 0 Å². The molecule has 0 bridgehead atoms. The van der Waals surface area contributed by atoms with Gasteiger partial charge in [-0.15, -0.1) is 0 Å². The van der Waals surface area contributed by atoms with Gasteiger partial charge in [-0.1, -0.05) is 12.1 Å². The maximum Gasteiger partial charge on any atom is 0.0314 e. The molecule has 1 aliphatic heterocycles. The van der Waals surface area contributed by atoms with Crippen molar-refractivity contribution < 1.29 is 0 Å². The summed E-state index contributed by atoms with van der Waals surface area (Å²) in [6, 6.07) is 8.49. The van der Waals surface area contributed by atoms with Crippen molar-refractivity contribution in [1.82, 2.24) is 4.90 Å². The van der Waals surface area contributed by atoms with E-state index < -0.39 is 0 Å². The number of anilines is 1. The highest BCUT2D eigenvalue weighted by molar-refractivity contribution is 5.43. The largest absolute Gasteiger partial charge is 0.399 e. The molecule has 1 aromatic carbocycles. The van der Waals surface area contributed by atoms with E-state index in [1.165, 1.54) is 44.5 Å². The molecule has 0 radical (unpaired) electrons. The third-order valence-corrected chi connectivity index (χ3v) is 3.85. The van der Waals surface area contributed by atoms with Gasteiger partial charge >= 0.3 is 0 Å². The quantitative estimate of drug-likeness (QED) is 0.760. The average Bonchev–Trinajstić information content (AvgIpc) is 2.94. The summed E-state index contributed by atoms with van der Waals surface area (Å²) in [5.41, 5.74) is 8.56. The molecule has 1 saturated heterocycles. The van der Waals surface area contributed by atoms with Crippen LogP contribution in [0, 0.1) is 0 Å². The Kier molecular flexibility index (Phi) is 1.99. The fourth-order valence-electron chi connectivity index (χ4n) is 2.49. The Balaban J connectivity index is 1.76. The van der Waals surface area contributed by atoms with Gasteiger partial charge < -0.3 is 10.6 Å². The summed E-state index contributed by atoms with van der Waals surface area (Å²) in [6.45, 7) is 3.87. The van der Waals surface area contributed by atoms with Crippen molar-refractivity contribution in [3.63, 3.8) is 0 Å². The monoisotopic (exact) mass is 202 g/mol. The number of nitrogens with two attached hydrogens (primary N) is 1. The molecule has 80 valence electrons. The van der Waals surface area contributed by atoms with Gasteiger partial charge in [0.05, 0.1) is 0 Å². The Labute approximate surface area is 91.1 Å². The molecule has 2 fully saturated rings. The van der Waals surface area contributed by atoms with Gasteiger partial charge in [-0.25, -0.2) is 0 Å². The van der Waals surface area contributed by atoms with Crippen LogP contribution in [0.3, 0.4) is 0 Å². The topological polar surface area (TPSA) is 29.3 Å². The van der Waals surface area contributed by atoms with Crippen LogP contribution in [0.4, 0.5) is 5.69 Å². The van der Waals surface area contributed by atoms with Crippen LogP contribution in [0.25, 0.3) is 0 Å². The molecule has 0 unspecified atom stereocenters. The fraction of sp³-hybridized carbons (Fsp3) is 0.538. The minimum absolute atomic E-state index is 0.480. The summed E-state index contributed by atoms with van der Waals surface area (Å²) in [5.74, 6) is 0. The third-order valence-electron chi connectivity index (χ3n) is 3.85. The van der Waals surface area contributed by atoms with E-state index in [0.717, 1.165) is 5.69 Å². The first-order valence-electron chi connectivity index (χ1n) is 5.87. The molecule has 1 heterocycles. The number of likely N-dealkylation sites (tertiary alicyclic amines) is 1. The van der Waals surface area contributed by atoms with Crippen molar-refractivity contribution in [2.75, 3.05) is 25.4 Å². The summed E-state index contributed by atoms with van der Waals surface area (Å²) in [6.07, 6.45) is 4.10. The lowest BCUT2D eigenvalue weighted by molar-refractivity contribution is 0.164. The van der Waals surface area contributed by atoms with Crippen LogP contribution >= 0.6 is 0 Å². The van der Waals surface area contributed by atoms with Gasteiger partial charge in [0.1, 0.15) is 0 Å². The zero-order valence-corrected chi connectivity index (χ0v) is 9.08. The lowest BCUT2D eigenvalue weighted by Crippen LogP contribution is -2.42. The highest BCUT2D eigenvalue weighted by Crippen LogP contribution is 2.49. The first-order chi connectivity index (χ1) is 7.28. The first-order valence-corrected chi connectivity index (χ1v) is 5.87. The lowest BCUT2D eigenvalue weighted by atomic mass is 9.94. The predicted octanol–water partition coefficient (Wildman–Crippen LogP) is 2.01. The minimum atomic E-state index is 0.480. The first kappa shape index (κ1) is 9.22. The third kappa shape index (κ3) is 1.63. The van der Waals surface area contributed by atoms with Gasteiger partial charge in [-0.05, 0) is 50.0 Å². The van der Waals surface area contributed by atoms with E-state index in [0.29, 0.717) is 5.41 Å². The Bertz CT molecular complexity index is 347. The molecule has 2 heteroatoms. The number of rotatable bonds is 3. The number of nitrogen functional groups attached to an aromatic ring is 1. The van der Waals surface area contributed by atoms with Gasteiger partial charge in [0.15, 0.2) is 0 Å². The zero-order chi connectivity index (χ0) is 10.3. The molecule has 2 N–H and O–H groups in total. The second-order valence-corrected chi connectivity index (χ2v) is 5.03. The summed E-state index contributed by atoms with van der Waals surface area (Å²) < 4.78 is 0. The summed E-state index contributed by atoms with van der Waals surface area (Å²) in [7, 11) is 0. The normalized spacial score (nSPS) is 23.5. The lowest BCUT2D eigenvalue weighted by Gasteiger charge is -2.34. The van der Waals surface area contributed by atoms with Crippen LogP contribution in [-0.2, 0) is 5.41 Å². The van der Waals surface area contributed by atoms with Crippen molar-refractivity contribution in [3.05, 3.63) is 29.8 Å². The molecule has 0 amide bonds. The summed E-state index contributed by atoms with van der Waals surface area (Å²) in [5, 5.41) is 0. The molecule has 2 aliphatic rings. The Hall–Kier alpha value is -1.02. The van der Waals surface area contributed by atoms with E-state index in [2.05, 4.69) is 17.0 Å². The number of benzene rings is 1. The Morgan fingerprint density at radius 2 is 1.80 bits per heavy atom. The maximum absolute atomic E-state index is 5.72. The number of nitrogens with zero attached hydrogens (tertiary/aromatic N) is 1. The average molecular weight is 202 g/mol. The van der Waals surface area contributed by atoms with Crippen LogP contribution in [0.1, 0.15) is 24.8 Å². The van der Waals surface area contributed by atoms with E-state index in [-0.39, 0.29) is 0 Å². The van der Waals surface area contributed by atoms with Gasteiger partial charge in [-0.3, -0.25) is 0 Å². The highest BCUT2D eigenvalue weighted by Gasteiger charge is 2.45. The molecule has 1 aromatic rings. The Morgan fingerprint density at radius 1 is 1.13 bits per heavy atom. The number of hydrogen-bond acceptors (Lipinski definition) is 2. The fourth-order valence-corrected chi connectivity index (χ4v) is 2.49. The van der Waals surface area contributed by atoms with Crippen LogP contribution in [-0.4, -0.2) is 24.5 Å². The molecule has 0 aromatic heterocycles. The summed E-state index contributed by atoms with van der Waals surface area (Å²) >= 11 is 0. The molecular formula is C13H18N2. The van der Waals surface area contributed by atoms with Crippen molar-refractivity contribution in [2.45, 2.75) is 24.7 Å². The van der Waals surface area contributed by atoms with Crippen molar-refractivity contribution in [1.29, 1.82) is 0 Å². The van der Waals surface area contributed by atoms with Crippen LogP contribution in [0.5, 0.6) is 0 Å². The van der Waals surface area contributed by atoms with Crippen LogP contribution in [0.2, 0.25) is 0 Å². The standard InChI is InChI=1S/C13H18N2/c14-12-4-2-11(3-5-12)13(6-7-13)10-15-8-1-9-15/h2-5H,1,6-10,14H2. The molecule has 0 spiro atoms. The van der Waals surface area contributed by atoms with Crippen molar-refractivity contribution >= 4 is 5.69 Å². The second-order valence-electron chi connectivity index (χ2n) is 5.03. The maximum atomic E-state index is 5.72. The number of hydrogen-bond donors (Lipinski definition) is 1. The molecule has 3 rings (SSSR count). The molecule has 2 nitrogen and oxygen atoms in total. The molecule has 1 saturated carbocycles.